The summed E-state index contributed by atoms with van der Waals surface area (Å²) in [5.41, 5.74) is 2.68. The topological polar surface area (TPSA) is 43.8 Å². The number of thiazole rings is 1. The summed E-state index contributed by atoms with van der Waals surface area (Å²) < 4.78 is 0. The van der Waals surface area contributed by atoms with Crippen molar-refractivity contribution in [3.63, 3.8) is 0 Å². The van der Waals surface area contributed by atoms with Crippen LogP contribution in [0.25, 0.3) is 0 Å². The van der Waals surface area contributed by atoms with E-state index < -0.39 is 0 Å². The van der Waals surface area contributed by atoms with Crippen LogP contribution in [0.2, 0.25) is 0 Å². The van der Waals surface area contributed by atoms with Gasteiger partial charge in [-0.15, -0.1) is 35.3 Å². The number of nitrogens with one attached hydrogen (secondary N) is 1. The normalized spacial score (nSPS) is 20.6. The van der Waals surface area contributed by atoms with Crippen LogP contribution < -0.4 is 5.32 Å². The van der Waals surface area contributed by atoms with Crippen LogP contribution >= 0.6 is 35.3 Å². The molecular formula is C24H36IN5S. The molecule has 31 heavy (non-hydrogen) atoms. The lowest BCUT2D eigenvalue weighted by Crippen LogP contribution is -2.40. The number of hydrogen-bond donors (Lipinski definition) is 1. The number of guanidine groups is 1. The number of nitrogens with zero attached hydrogens (tertiary/aromatic N) is 4. The molecule has 1 N–H and O–H groups in total. The zero-order valence-electron chi connectivity index (χ0n) is 18.8. The summed E-state index contributed by atoms with van der Waals surface area (Å²) in [6, 6.07) is 10.9. The van der Waals surface area contributed by atoms with Crippen LogP contribution in [-0.4, -0.2) is 60.0 Å². The monoisotopic (exact) mass is 553 g/mol. The summed E-state index contributed by atoms with van der Waals surface area (Å²) in [5, 5.41) is 6.91. The first-order valence-corrected chi connectivity index (χ1v) is 12.3. The second-order valence-electron chi connectivity index (χ2n) is 8.61. The van der Waals surface area contributed by atoms with Crippen molar-refractivity contribution in [2.45, 2.75) is 45.6 Å². The number of aryl methyl sites for hydroxylation is 1. The summed E-state index contributed by atoms with van der Waals surface area (Å²) in [6.07, 6.45) is 3.68. The molecule has 1 aromatic carbocycles. The van der Waals surface area contributed by atoms with E-state index in [1.807, 2.05) is 0 Å². The molecule has 2 aliphatic rings. The van der Waals surface area contributed by atoms with E-state index in [9.17, 15) is 0 Å². The lowest BCUT2D eigenvalue weighted by atomic mass is 9.97. The molecule has 2 aliphatic heterocycles. The Morgan fingerprint density at radius 1 is 1.16 bits per heavy atom. The summed E-state index contributed by atoms with van der Waals surface area (Å²) in [4.78, 5) is 14.7. The maximum Gasteiger partial charge on any atom is 0.193 e. The molecular weight excluding hydrogens is 517 g/mol. The molecule has 0 amide bonds. The Morgan fingerprint density at radius 2 is 1.94 bits per heavy atom. The number of hydrogen-bond acceptors (Lipinski definition) is 4. The number of likely N-dealkylation sites (tertiary alicyclic amines) is 2. The zero-order valence-corrected chi connectivity index (χ0v) is 21.9. The van der Waals surface area contributed by atoms with Gasteiger partial charge in [0.15, 0.2) is 5.96 Å². The molecule has 0 bridgehead atoms. The van der Waals surface area contributed by atoms with Crippen molar-refractivity contribution in [2.75, 3.05) is 39.3 Å². The molecule has 4 rings (SSSR count). The minimum Gasteiger partial charge on any atom is -0.357 e. The lowest BCUT2D eigenvalue weighted by molar-refractivity contribution is 0.179. The van der Waals surface area contributed by atoms with Crippen molar-refractivity contribution in [1.29, 1.82) is 0 Å². The van der Waals surface area contributed by atoms with Crippen LogP contribution in [0.4, 0.5) is 0 Å². The molecule has 1 atom stereocenters. The molecule has 1 unspecified atom stereocenters. The zero-order chi connectivity index (χ0) is 20.8. The largest absolute Gasteiger partial charge is 0.357 e. The molecule has 0 saturated carbocycles. The fraction of sp³-hybridized carbons (Fsp3) is 0.583. The van der Waals surface area contributed by atoms with E-state index in [2.05, 4.69) is 69.7 Å². The molecule has 0 spiro atoms. The van der Waals surface area contributed by atoms with E-state index in [-0.39, 0.29) is 24.0 Å². The fourth-order valence-electron chi connectivity index (χ4n) is 4.63. The number of benzene rings is 1. The average Bonchev–Trinajstić information content (AvgIpc) is 3.42. The molecule has 7 heteroatoms. The lowest BCUT2D eigenvalue weighted by Gasteiger charge is -2.31. The van der Waals surface area contributed by atoms with Gasteiger partial charge in [0.25, 0.3) is 0 Å². The van der Waals surface area contributed by atoms with E-state index in [0.717, 1.165) is 51.8 Å². The number of rotatable bonds is 6. The highest BCUT2D eigenvalue weighted by molar-refractivity contribution is 14.0. The molecule has 5 nitrogen and oxygen atoms in total. The van der Waals surface area contributed by atoms with Gasteiger partial charge in [0.05, 0.1) is 10.7 Å². The summed E-state index contributed by atoms with van der Waals surface area (Å²) in [5.74, 6) is 2.42. The molecule has 1 aromatic heterocycles. The molecule has 2 aromatic rings. The van der Waals surface area contributed by atoms with E-state index in [4.69, 9.17) is 4.99 Å². The Bertz CT molecular complexity index is 816. The maximum absolute atomic E-state index is 5.06. The fourth-order valence-corrected chi connectivity index (χ4v) is 5.23. The first-order valence-electron chi connectivity index (χ1n) is 11.4. The van der Waals surface area contributed by atoms with Crippen LogP contribution in [0.5, 0.6) is 0 Å². The third kappa shape index (κ3) is 6.89. The Kier molecular flexibility index (Phi) is 9.59. The predicted octanol–water partition coefficient (Wildman–Crippen LogP) is 4.74. The van der Waals surface area contributed by atoms with E-state index in [1.54, 1.807) is 11.3 Å². The SMILES string of the molecule is CCNC(=NCC1CCN(Cc2csc(C)n2)CC1)N1CCC(c2ccccc2)C1.I. The Balaban J connectivity index is 0.00000272. The van der Waals surface area contributed by atoms with Crippen LogP contribution in [-0.2, 0) is 6.54 Å². The average molecular weight is 554 g/mol. The summed E-state index contributed by atoms with van der Waals surface area (Å²) >= 11 is 1.75. The van der Waals surface area contributed by atoms with Crippen molar-refractivity contribution in [3.8, 4) is 0 Å². The highest BCUT2D eigenvalue weighted by atomic mass is 127. The van der Waals surface area contributed by atoms with Gasteiger partial charge in [0.1, 0.15) is 0 Å². The number of halogens is 1. The van der Waals surface area contributed by atoms with Crippen LogP contribution in [0.3, 0.4) is 0 Å². The van der Waals surface area contributed by atoms with Crippen molar-refractivity contribution in [1.82, 2.24) is 20.1 Å². The number of aromatic nitrogens is 1. The van der Waals surface area contributed by atoms with E-state index in [1.165, 1.54) is 35.5 Å². The van der Waals surface area contributed by atoms with Gasteiger partial charge in [-0.2, -0.15) is 0 Å². The minimum atomic E-state index is 0. The standard InChI is InChI=1S/C24H35N5S.HI/c1-3-25-24(29-14-11-22(16-29)21-7-5-4-6-8-21)26-15-20-9-12-28(13-10-20)17-23-18-30-19(2)27-23;/h4-8,18,20,22H,3,9-17H2,1-2H3,(H,25,26);1H. The summed E-state index contributed by atoms with van der Waals surface area (Å²) in [6.45, 7) is 11.6. The van der Waals surface area contributed by atoms with Gasteiger partial charge in [-0.1, -0.05) is 30.3 Å². The minimum absolute atomic E-state index is 0. The van der Waals surface area contributed by atoms with Crippen LogP contribution in [0.1, 0.15) is 48.4 Å². The molecule has 2 fully saturated rings. The van der Waals surface area contributed by atoms with Gasteiger partial charge < -0.3 is 10.2 Å². The predicted molar refractivity (Wildman–Crippen MR) is 142 cm³/mol. The van der Waals surface area contributed by atoms with Crippen LogP contribution in [0.15, 0.2) is 40.7 Å². The smallest absolute Gasteiger partial charge is 0.193 e. The van der Waals surface area contributed by atoms with Gasteiger partial charge in [-0.05, 0) is 57.7 Å². The summed E-state index contributed by atoms with van der Waals surface area (Å²) in [7, 11) is 0. The third-order valence-corrected chi connectivity index (χ3v) is 7.17. The highest BCUT2D eigenvalue weighted by Crippen LogP contribution is 2.27. The second kappa shape index (κ2) is 12.2. The molecule has 0 radical (unpaired) electrons. The maximum atomic E-state index is 5.06. The Hall–Kier alpha value is -1.19. The van der Waals surface area contributed by atoms with Gasteiger partial charge in [0.2, 0.25) is 0 Å². The van der Waals surface area contributed by atoms with Gasteiger partial charge >= 0.3 is 0 Å². The van der Waals surface area contributed by atoms with Gasteiger partial charge in [-0.3, -0.25) is 9.89 Å². The third-order valence-electron chi connectivity index (χ3n) is 6.35. The van der Waals surface area contributed by atoms with E-state index >= 15 is 0 Å². The first kappa shape index (κ1) is 24.5. The number of piperidine rings is 1. The number of aliphatic imine (C=N–C) groups is 1. The Morgan fingerprint density at radius 3 is 2.61 bits per heavy atom. The van der Waals surface area contributed by atoms with Crippen molar-refractivity contribution < 1.29 is 0 Å². The first-order chi connectivity index (χ1) is 14.7. The molecule has 2 saturated heterocycles. The van der Waals surface area contributed by atoms with Crippen molar-refractivity contribution >= 4 is 41.3 Å². The van der Waals surface area contributed by atoms with Gasteiger partial charge in [0, 0.05) is 44.0 Å². The van der Waals surface area contributed by atoms with Crippen molar-refractivity contribution in [3.05, 3.63) is 52.0 Å². The van der Waals surface area contributed by atoms with E-state index in [0.29, 0.717) is 11.8 Å². The van der Waals surface area contributed by atoms with Gasteiger partial charge in [-0.25, -0.2) is 4.98 Å². The second-order valence-corrected chi connectivity index (χ2v) is 9.68. The highest BCUT2D eigenvalue weighted by Gasteiger charge is 2.26. The Labute approximate surface area is 208 Å². The van der Waals surface area contributed by atoms with Crippen LogP contribution in [0, 0.1) is 12.8 Å². The molecule has 170 valence electrons. The van der Waals surface area contributed by atoms with Crippen molar-refractivity contribution in [2.24, 2.45) is 10.9 Å². The molecule has 0 aliphatic carbocycles. The quantitative estimate of drug-likeness (QED) is 0.319. The molecule has 3 heterocycles.